The van der Waals surface area contributed by atoms with E-state index in [1.54, 1.807) is 0 Å². The normalized spacial score (nSPS) is 17.2. The molecule has 0 N–H and O–H groups in total. The fourth-order valence-corrected chi connectivity index (χ4v) is 5.91. The number of pyridine rings is 3. The van der Waals surface area contributed by atoms with Gasteiger partial charge in [0.15, 0.2) is 0 Å². The molecule has 0 radical (unpaired) electrons. The van der Waals surface area contributed by atoms with Crippen LogP contribution in [-0.2, 0) is 9.47 Å². The molecule has 0 bridgehead atoms. The third-order valence-corrected chi connectivity index (χ3v) is 8.52. The monoisotopic (exact) mass is 605 g/mol. The minimum absolute atomic E-state index is 0.249. The fraction of sp³-hybridized carbons (Fsp3) is 0.205. The van der Waals surface area contributed by atoms with Crippen molar-refractivity contribution in [2.45, 2.75) is 41.5 Å². The largest absolute Gasteiger partial charge is 0.438 e. The SMILES string of the molecule is CC(C)(C)C1=CN(c2ccc3ccc4cccnc4c3c2)/C(=C2\OC(C(C)(C)C)=CN2c2ccc3ccc4cccnc4c3n2)O1. The van der Waals surface area contributed by atoms with Gasteiger partial charge in [-0.05, 0) is 41.8 Å². The molecule has 0 saturated heterocycles. The van der Waals surface area contributed by atoms with Crippen LogP contribution in [0.4, 0.5) is 11.5 Å². The van der Waals surface area contributed by atoms with Crippen molar-refractivity contribution < 1.29 is 9.47 Å². The lowest BCUT2D eigenvalue weighted by molar-refractivity contribution is 0.186. The lowest BCUT2D eigenvalue weighted by Crippen LogP contribution is -2.22. The third kappa shape index (κ3) is 4.62. The minimum Gasteiger partial charge on any atom is -0.438 e. The van der Waals surface area contributed by atoms with Crippen LogP contribution in [0.3, 0.4) is 0 Å². The summed E-state index contributed by atoms with van der Waals surface area (Å²) in [6.07, 6.45) is 7.76. The van der Waals surface area contributed by atoms with Crippen LogP contribution in [0.2, 0.25) is 0 Å². The molecular weight excluding hydrogens is 570 g/mol. The molecule has 3 aromatic carbocycles. The van der Waals surface area contributed by atoms with Gasteiger partial charge >= 0.3 is 0 Å². The third-order valence-electron chi connectivity index (χ3n) is 8.52. The van der Waals surface area contributed by atoms with E-state index < -0.39 is 0 Å². The van der Waals surface area contributed by atoms with Crippen LogP contribution in [0.25, 0.3) is 43.5 Å². The van der Waals surface area contributed by atoms with Crippen molar-refractivity contribution in [3.63, 3.8) is 0 Å². The quantitative estimate of drug-likeness (QED) is 0.182. The van der Waals surface area contributed by atoms with Crippen LogP contribution in [0.15, 0.2) is 127 Å². The Morgan fingerprint density at radius 2 is 1.07 bits per heavy atom. The molecule has 3 aromatic heterocycles. The highest BCUT2D eigenvalue weighted by Crippen LogP contribution is 2.45. The highest BCUT2D eigenvalue weighted by atomic mass is 16.6. The number of hydrogen-bond acceptors (Lipinski definition) is 7. The van der Waals surface area contributed by atoms with Gasteiger partial charge in [0.1, 0.15) is 17.3 Å². The molecule has 6 aromatic rings. The number of benzene rings is 3. The van der Waals surface area contributed by atoms with Crippen LogP contribution < -0.4 is 9.80 Å². The maximum absolute atomic E-state index is 6.76. The standard InChI is InChI=1S/C39H35N5O2/c1-38(2,3)30-22-43(28-17-15-24-11-12-25-9-7-19-40-33(25)29(24)21-28)36(45-30)37-44(23-31(46-37)39(4,5)6)32-18-16-27-14-13-26-10-8-20-41-34(26)35(27)42-32/h7-23H,1-6H3/b37-36+. The van der Waals surface area contributed by atoms with E-state index in [1.165, 1.54) is 0 Å². The lowest BCUT2D eigenvalue weighted by atomic mass is 9.94. The molecule has 7 heteroatoms. The average Bonchev–Trinajstić information content (AvgIpc) is 3.70. The Morgan fingerprint density at radius 1 is 0.543 bits per heavy atom. The predicted octanol–water partition coefficient (Wildman–Crippen LogP) is 9.76. The first-order valence-corrected chi connectivity index (χ1v) is 15.6. The van der Waals surface area contributed by atoms with Gasteiger partial charge in [0.05, 0.1) is 29.0 Å². The smallest absolute Gasteiger partial charge is 0.268 e. The van der Waals surface area contributed by atoms with Gasteiger partial charge in [0, 0.05) is 50.5 Å². The van der Waals surface area contributed by atoms with E-state index >= 15 is 0 Å². The summed E-state index contributed by atoms with van der Waals surface area (Å²) in [5.41, 5.74) is 3.10. The Labute approximate surface area is 268 Å². The molecule has 5 heterocycles. The second-order valence-corrected chi connectivity index (χ2v) is 14.0. The molecule has 8 rings (SSSR count). The zero-order valence-electron chi connectivity index (χ0n) is 26.9. The van der Waals surface area contributed by atoms with E-state index in [0.29, 0.717) is 17.6 Å². The Kier molecular flexibility index (Phi) is 6.13. The molecule has 228 valence electrons. The zero-order chi connectivity index (χ0) is 31.8. The van der Waals surface area contributed by atoms with Crippen molar-refractivity contribution in [2.75, 3.05) is 9.80 Å². The van der Waals surface area contributed by atoms with Gasteiger partial charge in [-0.25, -0.2) is 4.98 Å². The zero-order valence-corrected chi connectivity index (χ0v) is 26.9. The number of ether oxygens (including phenoxy) is 2. The summed E-state index contributed by atoms with van der Waals surface area (Å²) in [4.78, 5) is 18.7. The Bertz CT molecular complexity index is 2140. The molecule has 0 saturated carbocycles. The number of fused-ring (bicyclic) bond motifs is 6. The lowest BCUT2D eigenvalue weighted by Gasteiger charge is -2.24. The summed E-state index contributed by atoms with van der Waals surface area (Å²) in [7, 11) is 0. The molecule has 0 amide bonds. The van der Waals surface area contributed by atoms with E-state index in [4.69, 9.17) is 19.4 Å². The number of rotatable bonds is 2. The first kappa shape index (κ1) is 28.1. The van der Waals surface area contributed by atoms with Crippen molar-refractivity contribution in [1.82, 2.24) is 15.0 Å². The van der Waals surface area contributed by atoms with Gasteiger partial charge in [0.2, 0.25) is 0 Å². The molecule has 0 fully saturated rings. The van der Waals surface area contributed by atoms with E-state index in [-0.39, 0.29) is 10.8 Å². The summed E-state index contributed by atoms with van der Waals surface area (Å²) in [6, 6.07) is 27.1. The minimum atomic E-state index is -0.261. The maximum atomic E-state index is 6.76. The Hall–Kier alpha value is -5.43. The number of aromatic nitrogens is 3. The Balaban J connectivity index is 1.33. The predicted molar refractivity (Wildman–Crippen MR) is 186 cm³/mol. The summed E-state index contributed by atoms with van der Waals surface area (Å²) in [5.74, 6) is 3.49. The van der Waals surface area contributed by atoms with E-state index in [0.717, 1.165) is 60.7 Å². The Morgan fingerprint density at radius 3 is 1.74 bits per heavy atom. The van der Waals surface area contributed by atoms with Crippen molar-refractivity contribution in [1.29, 1.82) is 0 Å². The van der Waals surface area contributed by atoms with E-state index in [1.807, 2.05) is 41.7 Å². The number of anilines is 2. The summed E-state index contributed by atoms with van der Waals surface area (Å²) < 4.78 is 13.5. The molecule has 0 spiro atoms. The van der Waals surface area contributed by atoms with Crippen LogP contribution in [0.5, 0.6) is 0 Å². The molecule has 46 heavy (non-hydrogen) atoms. The molecule has 2 aliphatic heterocycles. The van der Waals surface area contributed by atoms with Crippen molar-refractivity contribution in [3.05, 3.63) is 127 Å². The molecule has 0 unspecified atom stereocenters. The molecule has 2 aliphatic rings. The van der Waals surface area contributed by atoms with Gasteiger partial charge in [-0.2, -0.15) is 0 Å². The first-order chi connectivity index (χ1) is 22.0. The number of hydrogen-bond donors (Lipinski definition) is 0. The summed E-state index contributed by atoms with van der Waals surface area (Å²) in [5, 5.41) is 5.37. The summed E-state index contributed by atoms with van der Waals surface area (Å²) in [6.45, 7) is 12.9. The highest BCUT2D eigenvalue weighted by molar-refractivity contribution is 6.06. The van der Waals surface area contributed by atoms with Crippen LogP contribution in [-0.4, -0.2) is 15.0 Å². The van der Waals surface area contributed by atoms with Gasteiger partial charge in [-0.3, -0.25) is 19.8 Å². The maximum Gasteiger partial charge on any atom is 0.268 e. The van der Waals surface area contributed by atoms with Crippen LogP contribution >= 0.6 is 0 Å². The highest BCUT2D eigenvalue weighted by Gasteiger charge is 2.39. The summed E-state index contributed by atoms with van der Waals surface area (Å²) >= 11 is 0. The second kappa shape index (κ2) is 10.0. The molecule has 7 nitrogen and oxygen atoms in total. The van der Waals surface area contributed by atoms with Crippen molar-refractivity contribution in [3.8, 4) is 0 Å². The van der Waals surface area contributed by atoms with Crippen molar-refractivity contribution >= 4 is 55.0 Å². The van der Waals surface area contributed by atoms with Gasteiger partial charge in [0.25, 0.3) is 11.8 Å². The van der Waals surface area contributed by atoms with Crippen LogP contribution in [0, 0.1) is 10.8 Å². The fourth-order valence-electron chi connectivity index (χ4n) is 5.91. The topological polar surface area (TPSA) is 63.6 Å². The number of allylic oxidation sites excluding steroid dienone is 2. The van der Waals surface area contributed by atoms with E-state index in [9.17, 15) is 0 Å². The van der Waals surface area contributed by atoms with Gasteiger partial charge < -0.3 is 9.47 Å². The van der Waals surface area contributed by atoms with Gasteiger partial charge in [-0.1, -0.05) is 84.0 Å². The molecule has 0 atom stereocenters. The van der Waals surface area contributed by atoms with Crippen LogP contribution in [0.1, 0.15) is 41.5 Å². The second-order valence-electron chi connectivity index (χ2n) is 14.0. The molecule has 0 aliphatic carbocycles. The average molecular weight is 606 g/mol. The number of nitrogens with zero attached hydrogens (tertiary/aromatic N) is 5. The first-order valence-electron chi connectivity index (χ1n) is 15.6. The van der Waals surface area contributed by atoms with Gasteiger partial charge in [-0.15, -0.1) is 0 Å². The molecular formula is C39H35N5O2. The van der Waals surface area contributed by atoms with E-state index in [2.05, 4.69) is 118 Å². The van der Waals surface area contributed by atoms with Crippen molar-refractivity contribution in [2.24, 2.45) is 10.8 Å².